The second-order valence-electron chi connectivity index (χ2n) is 9.98. The van der Waals surface area contributed by atoms with E-state index < -0.39 is 28.6 Å². The van der Waals surface area contributed by atoms with Crippen LogP contribution in [-0.2, 0) is 6.18 Å². The Hall–Kier alpha value is -1.45. The van der Waals surface area contributed by atoms with Crippen molar-refractivity contribution in [2.45, 2.75) is 68.4 Å². The number of alkyl halides is 5. The quantitative estimate of drug-likeness (QED) is 0.369. The predicted octanol–water partition coefficient (Wildman–Crippen LogP) is 4.46. The minimum Gasteiger partial charge on any atom is -0.361 e. The molecule has 3 saturated heterocycles. The van der Waals surface area contributed by atoms with Crippen molar-refractivity contribution in [2.75, 3.05) is 24.5 Å². The fraction of sp³-hybridized carbons (Fsp3) is 0.682. The van der Waals surface area contributed by atoms with Gasteiger partial charge in [-0.25, -0.2) is 18.1 Å². The molecule has 0 radical (unpaired) electrons. The Balaban J connectivity index is 1.54. The van der Waals surface area contributed by atoms with E-state index in [2.05, 4.69) is 5.32 Å². The molecule has 1 aliphatic carbocycles. The molecule has 4 nitrogen and oxygen atoms in total. The summed E-state index contributed by atoms with van der Waals surface area (Å²) in [5.41, 5.74) is -0.574. The van der Waals surface area contributed by atoms with Gasteiger partial charge in [-0.15, -0.1) is 0 Å². The van der Waals surface area contributed by atoms with Gasteiger partial charge < -0.3 is 10.2 Å². The maximum atomic E-state index is 14.6. The highest BCUT2D eigenvalue weighted by Crippen LogP contribution is 2.67. The van der Waals surface area contributed by atoms with Crippen molar-refractivity contribution >= 4 is 23.2 Å². The molecule has 174 valence electrons. The summed E-state index contributed by atoms with van der Waals surface area (Å²) in [6, 6.07) is 1.43. The number of rotatable bonds is 1. The Labute approximate surface area is 187 Å². The van der Waals surface area contributed by atoms with Crippen molar-refractivity contribution in [3.63, 3.8) is 0 Å². The molecule has 1 aromatic rings. The van der Waals surface area contributed by atoms with Gasteiger partial charge >= 0.3 is 12.1 Å². The number of piperidine rings is 1. The van der Waals surface area contributed by atoms with Crippen LogP contribution in [0.2, 0.25) is 5.02 Å². The van der Waals surface area contributed by atoms with Gasteiger partial charge in [-0.05, 0) is 31.5 Å². The Morgan fingerprint density at radius 2 is 1.97 bits per heavy atom. The number of nitrogens with zero attached hydrogens (tertiary/aromatic N) is 2. The Morgan fingerprint density at radius 3 is 2.66 bits per heavy atom. The Bertz CT molecular complexity index is 995. The van der Waals surface area contributed by atoms with Crippen LogP contribution in [0.4, 0.5) is 27.6 Å². The van der Waals surface area contributed by atoms with Gasteiger partial charge in [-0.3, -0.25) is 0 Å². The van der Waals surface area contributed by atoms with Gasteiger partial charge in [0.1, 0.15) is 11.6 Å². The van der Waals surface area contributed by atoms with Crippen molar-refractivity contribution < 1.29 is 31.2 Å². The number of anilines is 1. The first-order chi connectivity index (χ1) is 15.1. The molecule has 0 bridgehead atoms. The molecule has 10 heteroatoms. The summed E-state index contributed by atoms with van der Waals surface area (Å²) in [4.78, 5) is 15.9. The van der Waals surface area contributed by atoms with E-state index in [0.29, 0.717) is 6.54 Å². The third-order valence-corrected chi connectivity index (χ3v) is 8.78. The molecular weight excluding hydrogens is 453 g/mol. The van der Waals surface area contributed by atoms with Gasteiger partial charge in [0.25, 0.3) is 0 Å². The van der Waals surface area contributed by atoms with Crippen molar-refractivity contribution in [1.82, 2.24) is 5.32 Å². The minimum atomic E-state index is -4.67. The lowest BCUT2D eigenvalue weighted by molar-refractivity contribution is -0.763. The Morgan fingerprint density at radius 1 is 1.19 bits per heavy atom. The van der Waals surface area contributed by atoms with Gasteiger partial charge in [0.05, 0.1) is 22.3 Å². The van der Waals surface area contributed by atoms with Gasteiger partial charge in [-0.2, -0.15) is 13.2 Å². The van der Waals surface area contributed by atoms with E-state index >= 15 is 0 Å². The number of fused-ring (bicyclic) bond motifs is 4. The Kier molecular flexibility index (Phi) is 4.33. The monoisotopic (exact) mass is 476 g/mol. The molecule has 1 saturated carbocycles. The van der Waals surface area contributed by atoms with E-state index in [1.165, 1.54) is 6.07 Å². The van der Waals surface area contributed by atoms with Crippen molar-refractivity contribution in [2.24, 2.45) is 5.92 Å². The number of nitrogens with one attached hydrogen (secondary N) is 1. The van der Waals surface area contributed by atoms with Gasteiger partial charge in [-0.1, -0.05) is 11.6 Å². The lowest BCUT2D eigenvalue weighted by atomic mass is 9.73. The van der Waals surface area contributed by atoms with Crippen LogP contribution in [0.25, 0.3) is 0 Å². The van der Waals surface area contributed by atoms with Crippen LogP contribution >= 0.6 is 11.6 Å². The van der Waals surface area contributed by atoms with E-state index in [1.807, 2.05) is 4.90 Å². The predicted molar refractivity (Wildman–Crippen MR) is 108 cm³/mol. The molecule has 5 aliphatic rings. The van der Waals surface area contributed by atoms with Crippen LogP contribution < -0.4 is 10.2 Å². The molecule has 6 atom stereocenters. The molecule has 1 aromatic carbocycles. The summed E-state index contributed by atoms with van der Waals surface area (Å²) in [6.07, 6.45) is -3.42. The largest absolute Gasteiger partial charge is 0.417 e. The minimum absolute atomic E-state index is 0.0537. The van der Waals surface area contributed by atoms with Crippen molar-refractivity contribution in [3.8, 4) is 0 Å². The first-order valence-electron chi connectivity index (χ1n) is 11.3. The molecule has 4 aliphatic heterocycles. The third kappa shape index (κ3) is 2.64. The third-order valence-electron chi connectivity index (χ3n) is 8.47. The van der Waals surface area contributed by atoms with Crippen LogP contribution in [0.3, 0.4) is 0 Å². The summed E-state index contributed by atoms with van der Waals surface area (Å²) in [6.45, 7) is 1.66. The number of hydrogen-bond acceptors (Lipinski definition) is 3. The number of carbonyl (C=O) groups is 1. The summed E-state index contributed by atoms with van der Waals surface area (Å²) in [5, 5.41) is 2.83. The van der Waals surface area contributed by atoms with Crippen molar-refractivity contribution in [3.05, 3.63) is 28.3 Å². The molecule has 4 heterocycles. The summed E-state index contributed by atoms with van der Waals surface area (Å²) in [5.74, 6) is -3.47. The van der Waals surface area contributed by atoms with E-state index in [4.69, 9.17) is 11.6 Å². The maximum Gasteiger partial charge on any atom is 0.417 e. The molecule has 6 rings (SSSR count). The number of quaternary nitrogens is 1. The van der Waals surface area contributed by atoms with Gasteiger partial charge in [0.2, 0.25) is 5.92 Å². The van der Waals surface area contributed by atoms with Crippen LogP contribution in [-0.4, -0.2) is 60.1 Å². The fourth-order valence-electron chi connectivity index (χ4n) is 7.30. The highest BCUT2D eigenvalue weighted by molar-refractivity contribution is 6.32. The second-order valence-corrected chi connectivity index (χ2v) is 10.4. The fourth-order valence-corrected chi connectivity index (χ4v) is 7.57. The molecule has 6 unspecified atom stereocenters. The van der Waals surface area contributed by atoms with E-state index in [-0.39, 0.29) is 71.6 Å². The van der Waals surface area contributed by atoms with Crippen molar-refractivity contribution in [1.29, 1.82) is 0 Å². The number of amides is 1. The molecule has 1 amide bonds. The number of hydrogen-bond donors (Lipinski definition) is 1. The smallest absolute Gasteiger partial charge is 0.361 e. The van der Waals surface area contributed by atoms with E-state index in [1.54, 1.807) is 0 Å². The molecule has 0 spiro atoms. The van der Waals surface area contributed by atoms with Crippen LogP contribution in [0.5, 0.6) is 0 Å². The average molecular weight is 477 g/mol. The number of carbonyl (C=O) groups excluding carboxylic acids is 1. The zero-order chi connectivity index (χ0) is 22.6. The normalized spacial score (nSPS) is 39.8. The van der Waals surface area contributed by atoms with Gasteiger partial charge in [0.15, 0.2) is 12.1 Å². The molecule has 0 aromatic heterocycles. The lowest BCUT2D eigenvalue weighted by Crippen LogP contribution is -2.57. The zero-order valence-corrected chi connectivity index (χ0v) is 18.0. The molecule has 1 N–H and O–H groups in total. The lowest BCUT2D eigenvalue weighted by Gasteiger charge is -2.43. The molecule has 32 heavy (non-hydrogen) atoms. The SMILES string of the molecule is O=C1c2cc(Cl)c(C(F)(F)F)cc2N2CCCC(F)(F)CC3C2C2C3[N+]12C1CCCNC1. The summed E-state index contributed by atoms with van der Waals surface area (Å²) >= 11 is 6.02. The topological polar surface area (TPSA) is 32.3 Å². The maximum absolute atomic E-state index is 14.6. The standard InChI is InChI=1S/C22H24ClF5N3O/c23-15-7-12-16(8-14(15)22(26,27)28)30-6-2-4-21(24,25)9-13-17(30)19-18(13)31(19,20(12)32)11-3-1-5-29-10-11/h7-8,11,13,17-19,29H,1-6,9-10H2/q+1. The first kappa shape index (κ1) is 21.1. The summed E-state index contributed by atoms with van der Waals surface area (Å²) < 4.78 is 70.3. The first-order valence-corrected chi connectivity index (χ1v) is 11.6. The zero-order valence-electron chi connectivity index (χ0n) is 17.3. The number of benzene rings is 1. The van der Waals surface area contributed by atoms with Crippen LogP contribution in [0.15, 0.2) is 12.1 Å². The van der Waals surface area contributed by atoms with Crippen LogP contribution in [0, 0.1) is 5.92 Å². The average Bonchev–Trinajstić information content (AvgIpc) is 3.34. The second kappa shape index (κ2) is 6.57. The van der Waals surface area contributed by atoms with E-state index in [0.717, 1.165) is 25.5 Å². The van der Waals surface area contributed by atoms with Crippen LogP contribution in [0.1, 0.15) is 48.0 Å². The molecular formula is C22H24ClF5N3O+. The highest BCUT2D eigenvalue weighted by atomic mass is 35.5. The van der Waals surface area contributed by atoms with Gasteiger partial charge in [0, 0.05) is 38.3 Å². The highest BCUT2D eigenvalue weighted by Gasteiger charge is 2.89. The molecule has 4 fully saturated rings. The summed E-state index contributed by atoms with van der Waals surface area (Å²) in [7, 11) is 0. The van der Waals surface area contributed by atoms with E-state index in [9.17, 15) is 26.7 Å². The number of halogens is 6.